The van der Waals surface area contributed by atoms with Gasteiger partial charge in [0.2, 0.25) is 0 Å². The minimum absolute atomic E-state index is 0.0153. The molecule has 2 aliphatic rings. The summed E-state index contributed by atoms with van der Waals surface area (Å²) >= 11 is 0. The van der Waals surface area contributed by atoms with Crippen molar-refractivity contribution in [3.63, 3.8) is 0 Å². The molecule has 8 nitrogen and oxygen atoms in total. The van der Waals surface area contributed by atoms with Crippen molar-refractivity contribution in [2.24, 2.45) is 0 Å². The Morgan fingerprint density at radius 1 is 1.11 bits per heavy atom. The largest absolute Gasteiger partial charge is 0.450 e. The van der Waals surface area contributed by atoms with Crippen LogP contribution in [0.15, 0.2) is 6.07 Å². The molecule has 0 aliphatic carbocycles. The van der Waals surface area contributed by atoms with Crippen molar-refractivity contribution in [3.05, 3.63) is 23.3 Å². The number of amides is 2. The van der Waals surface area contributed by atoms with E-state index in [2.05, 4.69) is 14.9 Å². The van der Waals surface area contributed by atoms with Crippen LogP contribution in [0.2, 0.25) is 0 Å². The van der Waals surface area contributed by atoms with Crippen LogP contribution in [0.3, 0.4) is 0 Å². The summed E-state index contributed by atoms with van der Waals surface area (Å²) in [5.41, 5.74) is 1.29. The Morgan fingerprint density at radius 3 is 2.52 bits per heavy atom. The van der Waals surface area contributed by atoms with Crippen LogP contribution in [0.4, 0.5) is 4.79 Å². The molecule has 8 heteroatoms. The molecule has 0 N–H and O–H groups in total. The predicted molar refractivity (Wildman–Crippen MR) is 101 cm³/mol. The predicted octanol–water partition coefficient (Wildman–Crippen LogP) is 1.47. The van der Waals surface area contributed by atoms with Gasteiger partial charge in [-0.1, -0.05) is 0 Å². The van der Waals surface area contributed by atoms with Gasteiger partial charge in [0.25, 0.3) is 5.91 Å². The van der Waals surface area contributed by atoms with Crippen molar-refractivity contribution in [2.45, 2.75) is 39.7 Å². The quantitative estimate of drug-likeness (QED) is 0.796. The average molecular weight is 375 g/mol. The summed E-state index contributed by atoms with van der Waals surface area (Å²) in [6, 6.07) is 2.09. The Morgan fingerprint density at radius 2 is 1.85 bits per heavy atom. The fraction of sp³-hybridized carbons (Fsp3) is 0.684. The lowest BCUT2D eigenvalue weighted by Gasteiger charge is -2.43. The van der Waals surface area contributed by atoms with E-state index in [0.29, 0.717) is 43.8 Å². The van der Waals surface area contributed by atoms with E-state index in [1.807, 2.05) is 25.7 Å². The van der Waals surface area contributed by atoms with Crippen molar-refractivity contribution < 1.29 is 14.3 Å². The Bertz CT molecular complexity index is 668. The smallest absolute Gasteiger partial charge is 0.409 e. The maximum Gasteiger partial charge on any atom is 0.409 e. The fourth-order valence-electron chi connectivity index (χ4n) is 3.91. The first-order valence-electron chi connectivity index (χ1n) is 9.75. The molecule has 148 valence electrons. The molecule has 2 aliphatic heterocycles. The van der Waals surface area contributed by atoms with Crippen LogP contribution in [0.5, 0.6) is 0 Å². The van der Waals surface area contributed by atoms with Gasteiger partial charge in [0, 0.05) is 51.0 Å². The lowest BCUT2D eigenvalue weighted by atomic mass is 10.0. The number of hydrogen-bond acceptors (Lipinski definition) is 6. The zero-order valence-corrected chi connectivity index (χ0v) is 16.5. The van der Waals surface area contributed by atoms with Gasteiger partial charge in [-0.2, -0.15) is 0 Å². The highest BCUT2D eigenvalue weighted by Crippen LogP contribution is 2.19. The number of carbonyl (C=O) groups is 2. The van der Waals surface area contributed by atoms with Crippen molar-refractivity contribution in [2.75, 3.05) is 45.9 Å². The molecule has 1 aromatic rings. The van der Waals surface area contributed by atoms with E-state index >= 15 is 0 Å². The molecule has 0 spiro atoms. The van der Waals surface area contributed by atoms with Gasteiger partial charge in [-0.05, 0) is 39.7 Å². The number of piperazine rings is 1. The third-order valence-electron chi connectivity index (χ3n) is 5.23. The first-order valence-corrected chi connectivity index (χ1v) is 9.75. The maximum atomic E-state index is 12.9. The standard InChI is InChI=1S/C19H29N5O3/c1-4-27-19(26)23-10-8-22(9-11-23)16-6-5-7-24(13-16)18(25)17-12-14(2)20-15(3)21-17/h12,16H,4-11,13H2,1-3H3. The summed E-state index contributed by atoms with van der Waals surface area (Å²) in [7, 11) is 0. The Balaban J connectivity index is 1.58. The molecule has 0 bridgehead atoms. The van der Waals surface area contributed by atoms with E-state index in [4.69, 9.17) is 4.74 Å². The van der Waals surface area contributed by atoms with Crippen LogP contribution in [0, 0.1) is 13.8 Å². The number of rotatable bonds is 3. The average Bonchev–Trinajstić information content (AvgIpc) is 2.67. The number of ether oxygens (including phenoxy) is 1. The van der Waals surface area contributed by atoms with Crippen LogP contribution < -0.4 is 0 Å². The summed E-state index contributed by atoms with van der Waals surface area (Å²) < 4.78 is 5.08. The molecule has 3 rings (SSSR count). The van der Waals surface area contributed by atoms with Crippen molar-refractivity contribution in [3.8, 4) is 0 Å². The molecule has 1 unspecified atom stereocenters. The second-order valence-corrected chi connectivity index (χ2v) is 7.21. The van der Waals surface area contributed by atoms with Gasteiger partial charge in [-0.3, -0.25) is 9.69 Å². The normalized spacial score (nSPS) is 21.2. The third kappa shape index (κ3) is 4.74. The molecule has 0 aromatic carbocycles. The van der Waals surface area contributed by atoms with Crippen LogP contribution >= 0.6 is 0 Å². The Hall–Kier alpha value is -2.22. The van der Waals surface area contributed by atoms with E-state index in [1.54, 1.807) is 11.0 Å². The number of likely N-dealkylation sites (tertiary alicyclic amines) is 1. The molecule has 1 atom stereocenters. The summed E-state index contributed by atoms with van der Waals surface area (Å²) in [6.07, 6.45) is 1.83. The number of aromatic nitrogens is 2. The lowest BCUT2D eigenvalue weighted by Crippen LogP contribution is -2.56. The Labute approximate surface area is 160 Å². The SMILES string of the molecule is CCOC(=O)N1CCN(C2CCCN(C(=O)c3cc(C)nc(C)n3)C2)CC1. The van der Waals surface area contributed by atoms with E-state index in [0.717, 1.165) is 38.2 Å². The highest BCUT2D eigenvalue weighted by molar-refractivity contribution is 5.92. The van der Waals surface area contributed by atoms with E-state index in [9.17, 15) is 9.59 Å². The molecule has 2 fully saturated rings. The third-order valence-corrected chi connectivity index (χ3v) is 5.23. The maximum absolute atomic E-state index is 12.9. The number of hydrogen-bond donors (Lipinski definition) is 0. The topological polar surface area (TPSA) is 78.9 Å². The second kappa shape index (κ2) is 8.65. The molecule has 0 saturated carbocycles. The Kier molecular flexibility index (Phi) is 6.26. The molecular weight excluding hydrogens is 346 g/mol. The first kappa shape index (κ1) is 19.5. The van der Waals surface area contributed by atoms with Gasteiger partial charge in [0.15, 0.2) is 0 Å². The van der Waals surface area contributed by atoms with Crippen LogP contribution in [0.1, 0.15) is 41.8 Å². The van der Waals surface area contributed by atoms with Gasteiger partial charge >= 0.3 is 6.09 Å². The summed E-state index contributed by atoms with van der Waals surface area (Å²) in [6.45, 7) is 10.4. The van der Waals surface area contributed by atoms with E-state index < -0.39 is 0 Å². The first-order chi connectivity index (χ1) is 13.0. The van der Waals surface area contributed by atoms with Crippen molar-refractivity contribution >= 4 is 12.0 Å². The van der Waals surface area contributed by atoms with E-state index in [-0.39, 0.29) is 12.0 Å². The highest BCUT2D eigenvalue weighted by atomic mass is 16.6. The number of carbonyl (C=O) groups excluding carboxylic acids is 2. The number of piperidine rings is 1. The number of nitrogens with zero attached hydrogens (tertiary/aromatic N) is 5. The minimum Gasteiger partial charge on any atom is -0.450 e. The van der Waals surface area contributed by atoms with Gasteiger partial charge in [0.1, 0.15) is 11.5 Å². The fourth-order valence-corrected chi connectivity index (χ4v) is 3.91. The van der Waals surface area contributed by atoms with Crippen LogP contribution in [-0.2, 0) is 4.74 Å². The molecule has 0 radical (unpaired) electrons. The molecular formula is C19H29N5O3. The second-order valence-electron chi connectivity index (χ2n) is 7.21. The zero-order valence-electron chi connectivity index (χ0n) is 16.5. The van der Waals surface area contributed by atoms with Crippen molar-refractivity contribution in [1.29, 1.82) is 0 Å². The van der Waals surface area contributed by atoms with Crippen molar-refractivity contribution in [1.82, 2.24) is 24.7 Å². The summed E-state index contributed by atoms with van der Waals surface area (Å²) in [4.78, 5) is 39.4. The van der Waals surface area contributed by atoms with Crippen LogP contribution in [0.25, 0.3) is 0 Å². The summed E-state index contributed by atoms with van der Waals surface area (Å²) in [5, 5.41) is 0. The van der Waals surface area contributed by atoms with Gasteiger partial charge < -0.3 is 14.5 Å². The lowest BCUT2D eigenvalue weighted by molar-refractivity contribution is 0.0375. The zero-order chi connectivity index (χ0) is 19.4. The van der Waals surface area contributed by atoms with Crippen LogP contribution in [-0.4, -0.2) is 88.6 Å². The van der Waals surface area contributed by atoms with E-state index in [1.165, 1.54) is 0 Å². The van der Waals surface area contributed by atoms with Gasteiger partial charge in [-0.15, -0.1) is 0 Å². The summed E-state index contributed by atoms with van der Waals surface area (Å²) in [5.74, 6) is 0.612. The monoisotopic (exact) mass is 375 g/mol. The minimum atomic E-state index is -0.230. The molecule has 3 heterocycles. The number of aryl methyl sites for hydroxylation is 2. The van der Waals surface area contributed by atoms with Gasteiger partial charge in [0.05, 0.1) is 6.61 Å². The van der Waals surface area contributed by atoms with Gasteiger partial charge in [-0.25, -0.2) is 14.8 Å². The molecule has 1 aromatic heterocycles. The highest BCUT2D eigenvalue weighted by Gasteiger charge is 2.32. The molecule has 27 heavy (non-hydrogen) atoms. The molecule has 2 saturated heterocycles. The molecule has 2 amide bonds.